The van der Waals surface area contributed by atoms with Gasteiger partial charge in [0.2, 0.25) is 15.9 Å². The zero-order valence-electron chi connectivity index (χ0n) is 16.1. The Morgan fingerprint density at radius 3 is 2.29 bits per heavy atom. The number of sulfonamides is 1. The zero-order chi connectivity index (χ0) is 20.7. The fourth-order valence-corrected chi connectivity index (χ4v) is 3.55. The number of carbonyl (C=O) groups excluding carboxylic acids is 2. The van der Waals surface area contributed by atoms with Gasteiger partial charge in [-0.05, 0) is 54.8 Å². The molecule has 2 aromatic carbocycles. The van der Waals surface area contributed by atoms with Gasteiger partial charge in [-0.1, -0.05) is 18.2 Å². The second kappa shape index (κ2) is 9.48. The van der Waals surface area contributed by atoms with Crippen molar-refractivity contribution < 1.29 is 22.7 Å². The predicted molar refractivity (Wildman–Crippen MR) is 105 cm³/mol. The Balaban J connectivity index is 1.80. The summed E-state index contributed by atoms with van der Waals surface area (Å²) >= 11 is 0. The molecule has 0 radical (unpaired) electrons. The van der Waals surface area contributed by atoms with Crippen LogP contribution in [0.3, 0.4) is 0 Å². The molecule has 2 N–H and O–H groups in total. The van der Waals surface area contributed by atoms with Crippen LogP contribution >= 0.6 is 0 Å². The molecular weight excluding hydrogens is 380 g/mol. The smallest absolute Gasteiger partial charge is 0.337 e. The second-order valence-electron chi connectivity index (χ2n) is 6.36. The van der Waals surface area contributed by atoms with Gasteiger partial charge in [0.1, 0.15) is 0 Å². The van der Waals surface area contributed by atoms with Crippen molar-refractivity contribution in [3.8, 4) is 0 Å². The van der Waals surface area contributed by atoms with Gasteiger partial charge in [-0.2, -0.15) is 0 Å². The summed E-state index contributed by atoms with van der Waals surface area (Å²) in [6, 6.07) is 11.6. The predicted octanol–water partition coefficient (Wildman–Crippen LogP) is 2.07. The van der Waals surface area contributed by atoms with Gasteiger partial charge < -0.3 is 10.1 Å². The van der Waals surface area contributed by atoms with Gasteiger partial charge in [0.05, 0.1) is 17.6 Å². The molecule has 0 bridgehead atoms. The summed E-state index contributed by atoms with van der Waals surface area (Å²) in [4.78, 5) is 23.5. The Morgan fingerprint density at radius 1 is 1.00 bits per heavy atom. The standard InChI is InChI=1S/C20H24N2O5S/c1-14-4-9-18(12-15(14)2)28(25,26)22-11-10-19(23)21-13-16-5-7-17(8-6-16)20(24)27-3/h4-9,12,22H,10-11,13H2,1-3H3,(H,21,23). The van der Waals surface area contributed by atoms with Crippen LogP contribution in [-0.4, -0.2) is 33.9 Å². The largest absolute Gasteiger partial charge is 0.465 e. The lowest BCUT2D eigenvalue weighted by molar-refractivity contribution is -0.121. The van der Waals surface area contributed by atoms with Crippen LogP contribution in [0.2, 0.25) is 0 Å². The fraction of sp³-hybridized carbons (Fsp3) is 0.300. The summed E-state index contributed by atoms with van der Waals surface area (Å²) in [7, 11) is -2.34. The van der Waals surface area contributed by atoms with Crippen LogP contribution in [0.5, 0.6) is 0 Å². The van der Waals surface area contributed by atoms with E-state index >= 15 is 0 Å². The number of benzene rings is 2. The van der Waals surface area contributed by atoms with Crippen molar-refractivity contribution in [1.82, 2.24) is 10.0 Å². The molecule has 0 unspecified atom stereocenters. The third-order valence-electron chi connectivity index (χ3n) is 4.30. The normalized spacial score (nSPS) is 11.1. The minimum absolute atomic E-state index is 0.00235. The van der Waals surface area contributed by atoms with Crippen LogP contribution < -0.4 is 10.0 Å². The maximum absolute atomic E-state index is 12.3. The van der Waals surface area contributed by atoms with E-state index in [9.17, 15) is 18.0 Å². The third kappa shape index (κ3) is 5.90. The number of ether oxygens (including phenoxy) is 1. The number of esters is 1. The molecule has 0 aliphatic heterocycles. The topological polar surface area (TPSA) is 102 Å². The van der Waals surface area contributed by atoms with E-state index in [-0.39, 0.29) is 30.3 Å². The number of carbonyl (C=O) groups is 2. The van der Waals surface area contributed by atoms with Crippen LogP contribution in [-0.2, 0) is 26.1 Å². The van der Waals surface area contributed by atoms with Crippen molar-refractivity contribution in [2.24, 2.45) is 0 Å². The molecule has 28 heavy (non-hydrogen) atoms. The molecule has 0 spiro atoms. The van der Waals surface area contributed by atoms with E-state index in [0.29, 0.717) is 5.56 Å². The molecule has 7 nitrogen and oxygen atoms in total. The highest BCUT2D eigenvalue weighted by Crippen LogP contribution is 2.14. The number of methoxy groups -OCH3 is 1. The molecule has 0 aliphatic carbocycles. The van der Waals surface area contributed by atoms with Gasteiger partial charge in [-0.15, -0.1) is 0 Å². The molecule has 0 saturated carbocycles. The van der Waals surface area contributed by atoms with Crippen molar-refractivity contribution >= 4 is 21.9 Å². The molecule has 150 valence electrons. The molecule has 0 fully saturated rings. The Kier molecular flexibility index (Phi) is 7.31. The first kappa shape index (κ1) is 21.6. The molecular formula is C20H24N2O5S. The van der Waals surface area contributed by atoms with Crippen LogP contribution in [0.4, 0.5) is 0 Å². The first-order chi connectivity index (χ1) is 13.2. The van der Waals surface area contributed by atoms with E-state index in [2.05, 4.69) is 14.8 Å². The Morgan fingerprint density at radius 2 is 1.68 bits per heavy atom. The number of nitrogens with one attached hydrogen (secondary N) is 2. The molecule has 0 atom stereocenters. The second-order valence-corrected chi connectivity index (χ2v) is 8.13. The third-order valence-corrected chi connectivity index (χ3v) is 5.76. The van der Waals surface area contributed by atoms with Crippen molar-refractivity contribution in [2.75, 3.05) is 13.7 Å². The fourth-order valence-electron chi connectivity index (χ4n) is 2.43. The number of hydrogen-bond donors (Lipinski definition) is 2. The first-order valence-electron chi connectivity index (χ1n) is 8.74. The summed E-state index contributed by atoms with van der Waals surface area (Å²) in [6.45, 7) is 4.04. The van der Waals surface area contributed by atoms with Crippen LogP contribution in [0.15, 0.2) is 47.4 Å². The summed E-state index contributed by atoms with van der Waals surface area (Å²) in [6.07, 6.45) is 0.0182. The maximum Gasteiger partial charge on any atom is 0.337 e. The lowest BCUT2D eigenvalue weighted by atomic mass is 10.1. The number of aryl methyl sites for hydroxylation is 2. The molecule has 0 aromatic heterocycles. The first-order valence-corrected chi connectivity index (χ1v) is 10.2. The van der Waals surface area contributed by atoms with Gasteiger partial charge >= 0.3 is 5.97 Å². The maximum atomic E-state index is 12.3. The highest BCUT2D eigenvalue weighted by molar-refractivity contribution is 7.89. The molecule has 8 heteroatoms. The average molecular weight is 404 g/mol. The number of rotatable bonds is 8. The monoisotopic (exact) mass is 404 g/mol. The summed E-state index contributed by atoms with van der Waals surface area (Å²) < 4.78 is 31.6. The lowest BCUT2D eigenvalue weighted by Gasteiger charge is -2.09. The molecule has 2 aromatic rings. The van der Waals surface area contributed by atoms with E-state index in [0.717, 1.165) is 16.7 Å². The van der Waals surface area contributed by atoms with Crippen LogP contribution in [0, 0.1) is 13.8 Å². The highest BCUT2D eigenvalue weighted by atomic mass is 32.2. The quantitative estimate of drug-likeness (QED) is 0.656. The van der Waals surface area contributed by atoms with Crippen molar-refractivity contribution in [3.63, 3.8) is 0 Å². The van der Waals surface area contributed by atoms with Gasteiger partial charge in [0, 0.05) is 19.5 Å². The Bertz CT molecular complexity index is 953. The molecule has 0 saturated heterocycles. The van der Waals surface area contributed by atoms with Gasteiger partial charge in [0.15, 0.2) is 0 Å². The van der Waals surface area contributed by atoms with E-state index in [1.54, 1.807) is 42.5 Å². The van der Waals surface area contributed by atoms with E-state index < -0.39 is 16.0 Å². The molecule has 0 aliphatic rings. The van der Waals surface area contributed by atoms with Crippen LogP contribution in [0.25, 0.3) is 0 Å². The van der Waals surface area contributed by atoms with Crippen LogP contribution in [0.1, 0.15) is 33.5 Å². The van der Waals surface area contributed by atoms with Crippen molar-refractivity contribution in [3.05, 3.63) is 64.7 Å². The SMILES string of the molecule is COC(=O)c1ccc(CNC(=O)CCNS(=O)(=O)c2ccc(C)c(C)c2)cc1. The van der Waals surface area contributed by atoms with Gasteiger partial charge in [-0.25, -0.2) is 17.9 Å². The number of hydrogen-bond acceptors (Lipinski definition) is 5. The zero-order valence-corrected chi connectivity index (χ0v) is 16.9. The molecule has 1 amide bonds. The van der Waals surface area contributed by atoms with Crippen molar-refractivity contribution in [2.45, 2.75) is 31.7 Å². The van der Waals surface area contributed by atoms with Gasteiger partial charge in [-0.3, -0.25) is 4.79 Å². The van der Waals surface area contributed by atoms with E-state index in [4.69, 9.17) is 0 Å². The van der Waals surface area contributed by atoms with E-state index in [1.807, 2.05) is 13.8 Å². The molecule has 0 heterocycles. The molecule has 2 rings (SSSR count). The Labute approximate surface area is 165 Å². The van der Waals surface area contributed by atoms with E-state index in [1.165, 1.54) is 7.11 Å². The number of amides is 1. The average Bonchev–Trinajstić information content (AvgIpc) is 2.68. The highest BCUT2D eigenvalue weighted by Gasteiger charge is 2.15. The van der Waals surface area contributed by atoms with Gasteiger partial charge in [0.25, 0.3) is 0 Å². The minimum Gasteiger partial charge on any atom is -0.465 e. The summed E-state index contributed by atoms with van der Waals surface area (Å²) in [5.41, 5.74) is 3.15. The summed E-state index contributed by atoms with van der Waals surface area (Å²) in [5.74, 6) is -0.702. The van der Waals surface area contributed by atoms with Crippen molar-refractivity contribution in [1.29, 1.82) is 0 Å². The summed E-state index contributed by atoms with van der Waals surface area (Å²) in [5, 5.41) is 2.71. The lowest BCUT2D eigenvalue weighted by Crippen LogP contribution is -2.30. The Hall–Kier alpha value is -2.71. The minimum atomic E-state index is -3.65.